The van der Waals surface area contributed by atoms with Crippen LogP contribution in [-0.4, -0.2) is 51.1 Å². The van der Waals surface area contributed by atoms with E-state index in [0.717, 1.165) is 4.31 Å². The molecule has 0 atom stereocenters. The van der Waals surface area contributed by atoms with Gasteiger partial charge in [-0.05, 0) is 24.3 Å². The number of anilines is 2. The Morgan fingerprint density at radius 1 is 1.17 bits per heavy atom. The highest BCUT2D eigenvalue weighted by Crippen LogP contribution is 2.29. The summed E-state index contributed by atoms with van der Waals surface area (Å²) in [4.78, 5) is 37.6. The summed E-state index contributed by atoms with van der Waals surface area (Å²) in [6, 6.07) is 9.57. The van der Waals surface area contributed by atoms with Crippen LogP contribution in [0.2, 0.25) is 0 Å². The maximum absolute atomic E-state index is 12.5. The highest BCUT2D eigenvalue weighted by molar-refractivity contribution is 7.88. The highest BCUT2D eigenvalue weighted by Gasteiger charge is 2.27. The maximum Gasteiger partial charge on any atom is 0.306 e. The summed E-state index contributed by atoms with van der Waals surface area (Å²) in [6.07, 6.45) is -0.332. The SMILES string of the molecule is CN(C)S(=O)(=O)c1ccc(COC(=O)CCC(=O)N2CC(=O)Nc3ccccc32)o1. The van der Waals surface area contributed by atoms with Crippen LogP contribution >= 0.6 is 0 Å². The van der Waals surface area contributed by atoms with Gasteiger partial charge in [0.1, 0.15) is 18.9 Å². The Balaban J connectivity index is 1.53. The summed E-state index contributed by atoms with van der Waals surface area (Å²) in [5, 5.41) is 2.43. The zero-order chi connectivity index (χ0) is 21.9. The number of amides is 2. The van der Waals surface area contributed by atoms with Crippen molar-refractivity contribution in [2.45, 2.75) is 24.5 Å². The van der Waals surface area contributed by atoms with E-state index in [2.05, 4.69) is 5.32 Å². The van der Waals surface area contributed by atoms with Gasteiger partial charge in [-0.3, -0.25) is 14.4 Å². The molecule has 2 amide bonds. The number of para-hydroxylation sites is 2. The number of sulfonamides is 1. The predicted molar refractivity (Wildman–Crippen MR) is 106 cm³/mol. The fourth-order valence-electron chi connectivity index (χ4n) is 2.78. The van der Waals surface area contributed by atoms with Gasteiger partial charge in [0.05, 0.1) is 17.8 Å². The van der Waals surface area contributed by atoms with E-state index in [9.17, 15) is 22.8 Å². The van der Waals surface area contributed by atoms with Crippen LogP contribution in [0.3, 0.4) is 0 Å². The number of ether oxygens (including phenoxy) is 1. The molecular formula is C19H21N3O7S. The number of rotatable bonds is 7. The third-order valence-corrected chi connectivity index (χ3v) is 6.05. The zero-order valence-corrected chi connectivity index (χ0v) is 17.3. The molecule has 1 aromatic carbocycles. The predicted octanol–water partition coefficient (Wildman–Crippen LogP) is 1.34. The number of hydrogen-bond donors (Lipinski definition) is 1. The minimum atomic E-state index is -3.71. The van der Waals surface area contributed by atoms with Crippen LogP contribution in [0.4, 0.5) is 11.4 Å². The normalized spacial score (nSPS) is 13.7. The number of carbonyl (C=O) groups is 3. The molecule has 11 heteroatoms. The summed E-state index contributed by atoms with van der Waals surface area (Å²) in [6.45, 7) is -0.384. The number of fused-ring (bicyclic) bond motifs is 1. The molecule has 0 saturated heterocycles. The summed E-state index contributed by atoms with van der Waals surface area (Å²) in [5.41, 5.74) is 1.10. The molecule has 1 aromatic heterocycles. The molecule has 1 aliphatic heterocycles. The molecule has 2 aromatic rings. The van der Waals surface area contributed by atoms with E-state index in [4.69, 9.17) is 9.15 Å². The first-order chi connectivity index (χ1) is 14.2. The van der Waals surface area contributed by atoms with E-state index in [0.29, 0.717) is 11.4 Å². The van der Waals surface area contributed by atoms with Crippen LogP contribution in [0, 0.1) is 0 Å². The number of hydrogen-bond acceptors (Lipinski definition) is 7. The molecule has 0 unspecified atom stereocenters. The van der Waals surface area contributed by atoms with Gasteiger partial charge >= 0.3 is 5.97 Å². The average Bonchev–Trinajstić information content (AvgIpc) is 3.19. The lowest BCUT2D eigenvalue weighted by atomic mass is 10.1. The average molecular weight is 435 g/mol. The molecule has 0 bridgehead atoms. The largest absolute Gasteiger partial charge is 0.457 e. The number of benzene rings is 1. The van der Waals surface area contributed by atoms with Gasteiger partial charge in [0, 0.05) is 20.5 Å². The van der Waals surface area contributed by atoms with Crippen molar-refractivity contribution in [3.63, 3.8) is 0 Å². The van der Waals surface area contributed by atoms with E-state index in [-0.39, 0.29) is 48.7 Å². The Bertz CT molecular complexity index is 1080. The fourth-order valence-corrected chi connectivity index (χ4v) is 3.59. The first-order valence-corrected chi connectivity index (χ1v) is 10.5. The lowest BCUT2D eigenvalue weighted by Gasteiger charge is -2.29. The van der Waals surface area contributed by atoms with E-state index < -0.39 is 16.0 Å². The quantitative estimate of drug-likeness (QED) is 0.650. The first-order valence-electron chi connectivity index (χ1n) is 9.04. The Kier molecular flexibility index (Phi) is 6.22. The fraction of sp³-hybridized carbons (Fsp3) is 0.316. The van der Waals surface area contributed by atoms with Crippen molar-refractivity contribution in [3.8, 4) is 0 Å². The first kappa shape index (κ1) is 21.5. The van der Waals surface area contributed by atoms with E-state index >= 15 is 0 Å². The van der Waals surface area contributed by atoms with Crippen LogP contribution in [0.5, 0.6) is 0 Å². The molecule has 0 aliphatic carbocycles. The van der Waals surface area contributed by atoms with Gasteiger partial charge in [0.15, 0.2) is 0 Å². The van der Waals surface area contributed by atoms with Crippen molar-refractivity contribution in [2.75, 3.05) is 30.9 Å². The van der Waals surface area contributed by atoms with Crippen molar-refractivity contribution >= 4 is 39.2 Å². The summed E-state index contributed by atoms with van der Waals surface area (Å²) in [7, 11) is -0.966. The number of esters is 1. The standard InChI is InChI=1S/C19H21N3O7S/c1-21(2)30(26,27)19-10-7-13(29-19)12-28-18(25)9-8-17(24)22-11-16(23)20-14-5-3-4-6-15(14)22/h3-7,10H,8-9,11-12H2,1-2H3,(H,20,23). The van der Waals surface area contributed by atoms with E-state index in [1.165, 1.54) is 31.1 Å². The lowest BCUT2D eigenvalue weighted by molar-refractivity contribution is -0.146. The zero-order valence-electron chi connectivity index (χ0n) is 16.5. The second-order valence-corrected chi connectivity index (χ2v) is 8.80. The summed E-state index contributed by atoms with van der Waals surface area (Å²) >= 11 is 0. The highest BCUT2D eigenvalue weighted by atomic mass is 32.2. The van der Waals surface area contributed by atoms with Crippen molar-refractivity contribution in [1.82, 2.24) is 4.31 Å². The molecule has 0 spiro atoms. The van der Waals surface area contributed by atoms with Gasteiger partial charge in [-0.2, -0.15) is 0 Å². The van der Waals surface area contributed by atoms with Crippen molar-refractivity contribution in [2.24, 2.45) is 0 Å². The molecule has 0 radical (unpaired) electrons. The van der Waals surface area contributed by atoms with Crippen LogP contribution < -0.4 is 10.2 Å². The van der Waals surface area contributed by atoms with Crippen molar-refractivity contribution in [3.05, 3.63) is 42.2 Å². The Morgan fingerprint density at radius 3 is 2.63 bits per heavy atom. The number of nitrogens with one attached hydrogen (secondary N) is 1. The smallest absolute Gasteiger partial charge is 0.306 e. The van der Waals surface area contributed by atoms with Gasteiger partial charge in [0.2, 0.25) is 16.9 Å². The topological polar surface area (TPSA) is 126 Å². The lowest BCUT2D eigenvalue weighted by Crippen LogP contribution is -2.42. The van der Waals surface area contributed by atoms with Crippen LogP contribution in [0.25, 0.3) is 0 Å². The monoisotopic (exact) mass is 435 g/mol. The van der Waals surface area contributed by atoms with Crippen LogP contribution in [0.15, 0.2) is 45.9 Å². The molecule has 1 N–H and O–H groups in total. The van der Waals surface area contributed by atoms with Crippen molar-refractivity contribution in [1.29, 1.82) is 0 Å². The maximum atomic E-state index is 12.5. The third kappa shape index (κ3) is 4.69. The molecule has 30 heavy (non-hydrogen) atoms. The Hall–Kier alpha value is -3.18. The van der Waals surface area contributed by atoms with Gasteiger partial charge in [0.25, 0.3) is 10.0 Å². The Labute approximate surface area is 173 Å². The summed E-state index contributed by atoms with van der Waals surface area (Å²) < 4.78 is 35.2. The minimum Gasteiger partial charge on any atom is -0.457 e. The molecule has 2 heterocycles. The van der Waals surface area contributed by atoms with E-state index in [1.54, 1.807) is 24.3 Å². The van der Waals surface area contributed by atoms with Gasteiger partial charge < -0.3 is 19.4 Å². The van der Waals surface area contributed by atoms with Crippen LogP contribution in [0.1, 0.15) is 18.6 Å². The Morgan fingerprint density at radius 2 is 1.90 bits per heavy atom. The molecule has 160 valence electrons. The third-order valence-electron chi connectivity index (χ3n) is 4.36. The minimum absolute atomic E-state index is 0.125. The molecule has 10 nitrogen and oxygen atoms in total. The molecule has 3 rings (SSSR count). The number of furan rings is 1. The molecule has 0 saturated carbocycles. The van der Waals surface area contributed by atoms with E-state index in [1.807, 2.05) is 0 Å². The molecule has 1 aliphatic rings. The van der Waals surface area contributed by atoms with Crippen LogP contribution in [-0.2, 0) is 35.8 Å². The number of carbonyl (C=O) groups excluding carboxylic acids is 3. The van der Waals surface area contributed by atoms with Gasteiger partial charge in [-0.1, -0.05) is 12.1 Å². The van der Waals surface area contributed by atoms with Crippen molar-refractivity contribution < 1.29 is 32.0 Å². The molecule has 0 fully saturated rings. The second kappa shape index (κ2) is 8.67. The van der Waals surface area contributed by atoms with Gasteiger partial charge in [-0.15, -0.1) is 0 Å². The molecular weight excluding hydrogens is 414 g/mol. The summed E-state index contributed by atoms with van der Waals surface area (Å²) in [5.74, 6) is -1.18. The number of nitrogens with zero attached hydrogens (tertiary/aromatic N) is 2. The van der Waals surface area contributed by atoms with Gasteiger partial charge in [-0.25, -0.2) is 12.7 Å². The second-order valence-electron chi connectivity index (χ2n) is 6.71.